The van der Waals surface area contributed by atoms with Crippen molar-refractivity contribution in [3.63, 3.8) is 0 Å². The summed E-state index contributed by atoms with van der Waals surface area (Å²) in [6.07, 6.45) is 3.90. The van der Waals surface area contributed by atoms with Crippen LogP contribution in [0.15, 0.2) is 18.2 Å². The van der Waals surface area contributed by atoms with Gasteiger partial charge in [0.25, 0.3) is 0 Å². The molecule has 0 aromatic heterocycles. The van der Waals surface area contributed by atoms with E-state index in [4.69, 9.17) is 5.73 Å². The SMILES string of the molecule is Cc1cccc(N)c1C1(O)CCCC1. The van der Waals surface area contributed by atoms with Crippen molar-refractivity contribution in [2.24, 2.45) is 0 Å². The summed E-state index contributed by atoms with van der Waals surface area (Å²) in [5.74, 6) is 0. The van der Waals surface area contributed by atoms with E-state index >= 15 is 0 Å². The van der Waals surface area contributed by atoms with Gasteiger partial charge in [0.2, 0.25) is 0 Å². The van der Waals surface area contributed by atoms with Crippen molar-refractivity contribution in [2.75, 3.05) is 5.73 Å². The molecule has 0 heterocycles. The van der Waals surface area contributed by atoms with Crippen LogP contribution in [-0.4, -0.2) is 5.11 Å². The van der Waals surface area contributed by atoms with Gasteiger partial charge in [0.15, 0.2) is 0 Å². The smallest absolute Gasteiger partial charge is 0.0918 e. The molecule has 0 radical (unpaired) electrons. The highest BCUT2D eigenvalue weighted by Crippen LogP contribution is 2.42. The Hall–Kier alpha value is -1.02. The molecule has 76 valence electrons. The third-order valence-corrected chi connectivity index (χ3v) is 3.20. The molecule has 3 N–H and O–H groups in total. The number of nitrogens with two attached hydrogens (primary N) is 1. The number of hydrogen-bond donors (Lipinski definition) is 2. The summed E-state index contributed by atoms with van der Waals surface area (Å²) in [7, 11) is 0. The molecule has 0 bridgehead atoms. The fraction of sp³-hybridized carbons (Fsp3) is 0.500. The Labute approximate surface area is 84.7 Å². The average molecular weight is 191 g/mol. The largest absolute Gasteiger partial charge is 0.398 e. The van der Waals surface area contributed by atoms with Gasteiger partial charge < -0.3 is 10.8 Å². The topological polar surface area (TPSA) is 46.2 Å². The maximum atomic E-state index is 10.4. The van der Waals surface area contributed by atoms with E-state index in [0.29, 0.717) is 0 Å². The van der Waals surface area contributed by atoms with Crippen molar-refractivity contribution < 1.29 is 5.11 Å². The first-order valence-corrected chi connectivity index (χ1v) is 5.21. The fourth-order valence-corrected chi connectivity index (χ4v) is 2.54. The van der Waals surface area contributed by atoms with E-state index in [1.807, 2.05) is 25.1 Å². The molecule has 1 aliphatic rings. The van der Waals surface area contributed by atoms with Crippen LogP contribution in [0.1, 0.15) is 36.8 Å². The summed E-state index contributed by atoms with van der Waals surface area (Å²) in [5, 5.41) is 10.4. The van der Waals surface area contributed by atoms with Gasteiger partial charge in [-0.25, -0.2) is 0 Å². The minimum absolute atomic E-state index is 0.657. The molecule has 2 nitrogen and oxygen atoms in total. The Morgan fingerprint density at radius 1 is 1.29 bits per heavy atom. The molecule has 1 fully saturated rings. The molecule has 1 aromatic rings. The Balaban J connectivity index is 2.49. The predicted octanol–water partition coefficient (Wildman–Crippen LogP) is 2.34. The molecule has 0 saturated heterocycles. The van der Waals surface area contributed by atoms with Crippen LogP contribution in [0, 0.1) is 6.92 Å². The van der Waals surface area contributed by atoms with Gasteiger partial charge in [0.05, 0.1) is 5.60 Å². The molecular formula is C12H17NO. The van der Waals surface area contributed by atoms with E-state index in [-0.39, 0.29) is 0 Å². The van der Waals surface area contributed by atoms with E-state index < -0.39 is 5.60 Å². The Kier molecular flexibility index (Phi) is 2.23. The Morgan fingerprint density at radius 3 is 2.50 bits per heavy atom. The van der Waals surface area contributed by atoms with Gasteiger partial charge in [0, 0.05) is 11.3 Å². The second kappa shape index (κ2) is 3.28. The van der Waals surface area contributed by atoms with Crippen LogP contribution in [0.5, 0.6) is 0 Å². The Bertz CT molecular complexity index is 320. The minimum atomic E-state index is -0.657. The van der Waals surface area contributed by atoms with Crippen LogP contribution in [-0.2, 0) is 5.60 Å². The molecule has 0 aliphatic heterocycles. The maximum absolute atomic E-state index is 10.4. The molecule has 1 aliphatic carbocycles. The van der Waals surface area contributed by atoms with E-state index in [2.05, 4.69) is 0 Å². The lowest BCUT2D eigenvalue weighted by molar-refractivity contribution is 0.0446. The number of aryl methyl sites for hydroxylation is 1. The van der Waals surface area contributed by atoms with Gasteiger partial charge in [-0.1, -0.05) is 25.0 Å². The third-order valence-electron chi connectivity index (χ3n) is 3.20. The van der Waals surface area contributed by atoms with E-state index in [0.717, 1.165) is 42.5 Å². The first kappa shape index (κ1) is 9.53. The quantitative estimate of drug-likeness (QED) is 0.669. The third kappa shape index (κ3) is 1.40. The summed E-state index contributed by atoms with van der Waals surface area (Å²) in [4.78, 5) is 0. The van der Waals surface area contributed by atoms with Gasteiger partial charge in [-0.3, -0.25) is 0 Å². The van der Waals surface area contributed by atoms with Gasteiger partial charge >= 0.3 is 0 Å². The lowest BCUT2D eigenvalue weighted by Crippen LogP contribution is -2.23. The second-order valence-electron chi connectivity index (χ2n) is 4.28. The molecule has 1 aromatic carbocycles. The fourth-order valence-electron chi connectivity index (χ4n) is 2.54. The maximum Gasteiger partial charge on any atom is 0.0918 e. The van der Waals surface area contributed by atoms with Crippen LogP contribution < -0.4 is 5.73 Å². The molecule has 0 spiro atoms. The minimum Gasteiger partial charge on any atom is -0.398 e. The summed E-state index contributed by atoms with van der Waals surface area (Å²) >= 11 is 0. The molecule has 2 heteroatoms. The van der Waals surface area contributed by atoms with Gasteiger partial charge in [0.1, 0.15) is 0 Å². The highest BCUT2D eigenvalue weighted by molar-refractivity contribution is 5.53. The number of rotatable bonds is 1. The highest BCUT2D eigenvalue weighted by Gasteiger charge is 2.35. The van der Waals surface area contributed by atoms with Crippen LogP contribution in [0.3, 0.4) is 0 Å². The van der Waals surface area contributed by atoms with Gasteiger partial charge in [-0.15, -0.1) is 0 Å². The van der Waals surface area contributed by atoms with Crippen LogP contribution in [0.25, 0.3) is 0 Å². The van der Waals surface area contributed by atoms with Gasteiger partial charge in [-0.2, -0.15) is 0 Å². The predicted molar refractivity (Wildman–Crippen MR) is 58.0 cm³/mol. The van der Waals surface area contributed by atoms with Crippen molar-refractivity contribution in [3.05, 3.63) is 29.3 Å². The van der Waals surface area contributed by atoms with E-state index in [1.54, 1.807) is 0 Å². The van der Waals surface area contributed by atoms with Crippen molar-refractivity contribution in [3.8, 4) is 0 Å². The summed E-state index contributed by atoms with van der Waals surface area (Å²) < 4.78 is 0. The van der Waals surface area contributed by atoms with Gasteiger partial charge in [-0.05, 0) is 31.4 Å². The van der Waals surface area contributed by atoms with Crippen molar-refractivity contribution >= 4 is 5.69 Å². The lowest BCUT2D eigenvalue weighted by atomic mass is 9.87. The number of benzene rings is 1. The first-order chi connectivity index (χ1) is 6.63. The van der Waals surface area contributed by atoms with Crippen LogP contribution >= 0.6 is 0 Å². The normalized spacial score (nSPS) is 19.9. The Morgan fingerprint density at radius 2 is 1.93 bits per heavy atom. The van der Waals surface area contributed by atoms with Crippen molar-refractivity contribution in [2.45, 2.75) is 38.2 Å². The first-order valence-electron chi connectivity index (χ1n) is 5.21. The molecule has 1 saturated carbocycles. The zero-order chi connectivity index (χ0) is 10.2. The zero-order valence-electron chi connectivity index (χ0n) is 8.59. The van der Waals surface area contributed by atoms with Crippen LogP contribution in [0.4, 0.5) is 5.69 Å². The molecule has 2 rings (SSSR count). The van der Waals surface area contributed by atoms with E-state index in [9.17, 15) is 5.11 Å². The lowest BCUT2D eigenvalue weighted by Gasteiger charge is -2.26. The molecule has 14 heavy (non-hydrogen) atoms. The molecular weight excluding hydrogens is 174 g/mol. The zero-order valence-corrected chi connectivity index (χ0v) is 8.59. The van der Waals surface area contributed by atoms with Crippen LogP contribution in [0.2, 0.25) is 0 Å². The number of aliphatic hydroxyl groups is 1. The summed E-state index contributed by atoms with van der Waals surface area (Å²) in [5.41, 5.74) is 8.06. The van der Waals surface area contributed by atoms with Crippen molar-refractivity contribution in [1.29, 1.82) is 0 Å². The standard InChI is InChI=1S/C12H17NO/c1-9-5-4-6-10(13)11(9)12(14)7-2-3-8-12/h4-6,14H,2-3,7-8,13H2,1H3. The highest BCUT2D eigenvalue weighted by atomic mass is 16.3. The summed E-state index contributed by atoms with van der Waals surface area (Å²) in [6, 6.07) is 5.83. The number of hydrogen-bond acceptors (Lipinski definition) is 2. The molecule has 0 atom stereocenters. The number of anilines is 1. The molecule has 0 amide bonds. The van der Waals surface area contributed by atoms with E-state index in [1.165, 1.54) is 0 Å². The molecule has 0 unspecified atom stereocenters. The van der Waals surface area contributed by atoms with Crippen molar-refractivity contribution in [1.82, 2.24) is 0 Å². The second-order valence-corrected chi connectivity index (χ2v) is 4.28. The summed E-state index contributed by atoms with van der Waals surface area (Å²) in [6.45, 7) is 2.02. The number of nitrogen functional groups attached to an aromatic ring is 1. The average Bonchev–Trinajstić information content (AvgIpc) is 2.52. The monoisotopic (exact) mass is 191 g/mol.